The second kappa shape index (κ2) is 4.97. The van der Waals surface area contributed by atoms with E-state index in [4.69, 9.17) is 0 Å². The van der Waals surface area contributed by atoms with Crippen LogP contribution in [0.5, 0.6) is 5.75 Å². The zero-order valence-corrected chi connectivity index (χ0v) is 11.3. The summed E-state index contributed by atoms with van der Waals surface area (Å²) in [6, 6.07) is 9.15. The van der Waals surface area contributed by atoms with E-state index in [9.17, 15) is 14.3 Å². The van der Waals surface area contributed by atoms with E-state index in [1.165, 1.54) is 6.07 Å². The molecule has 0 bridgehead atoms. The van der Waals surface area contributed by atoms with Crippen LogP contribution in [0.25, 0.3) is 11.0 Å². The van der Waals surface area contributed by atoms with Gasteiger partial charge >= 0.3 is 5.69 Å². The highest BCUT2D eigenvalue weighted by atomic mass is 19.1. The van der Waals surface area contributed by atoms with Gasteiger partial charge in [0.15, 0.2) is 0 Å². The van der Waals surface area contributed by atoms with Crippen LogP contribution in [0.1, 0.15) is 18.5 Å². The maximum Gasteiger partial charge on any atom is 0.323 e. The summed E-state index contributed by atoms with van der Waals surface area (Å²) in [7, 11) is 0. The Labute approximate surface area is 119 Å². The van der Waals surface area contributed by atoms with Crippen molar-refractivity contribution in [1.82, 2.24) is 9.97 Å². The number of fused-ring (bicyclic) bond motifs is 1. The summed E-state index contributed by atoms with van der Waals surface area (Å²) in [6.07, 6.45) is 0. The van der Waals surface area contributed by atoms with Crippen molar-refractivity contribution in [2.45, 2.75) is 13.0 Å². The van der Waals surface area contributed by atoms with Crippen LogP contribution in [-0.4, -0.2) is 15.1 Å². The number of nitrogens with one attached hydrogen (secondary N) is 3. The molecule has 0 amide bonds. The minimum Gasteiger partial charge on any atom is -0.508 e. The molecule has 108 valence electrons. The minimum absolute atomic E-state index is 0.102. The van der Waals surface area contributed by atoms with Crippen LogP contribution in [0, 0.1) is 5.82 Å². The lowest BCUT2D eigenvalue weighted by Crippen LogP contribution is -2.08. The number of aromatic amines is 2. The number of H-pyrrole nitrogens is 2. The highest BCUT2D eigenvalue weighted by molar-refractivity contribution is 5.78. The number of anilines is 1. The molecule has 1 atom stereocenters. The Morgan fingerprint density at radius 2 is 1.90 bits per heavy atom. The molecule has 0 saturated carbocycles. The number of aromatic nitrogens is 2. The van der Waals surface area contributed by atoms with E-state index < -0.39 is 5.82 Å². The fourth-order valence-corrected chi connectivity index (χ4v) is 2.32. The standard InChI is InChI=1S/C15H14FN3O2/c1-8(11-4-3-10(20)7-12(11)16)17-9-2-5-13-14(6-9)19-15(21)18-13/h2-8,17,20H,1H3,(H2,18,19,21). The number of phenolic OH excluding ortho intramolecular Hbond substituents is 1. The van der Waals surface area contributed by atoms with E-state index in [0.717, 1.165) is 11.8 Å². The third-order valence-corrected chi connectivity index (χ3v) is 3.35. The summed E-state index contributed by atoms with van der Waals surface area (Å²) in [5, 5.41) is 12.4. The Kier molecular flexibility index (Phi) is 3.13. The molecular weight excluding hydrogens is 273 g/mol. The Morgan fingerprint density at radius 1 is 1.14 bits per heavy atom. The monoisotopic (exact) mass is 287 g/mol. The van der Waals surface area contributed by atoms with E-state index in [2.05, 4.69) is 15.3 Å². The molecule has 0 spiro atoms. The molecule has 21 heavy (non-hydrogen) atoms. The SMILES string of the molecule is CC(Nc1ccc2[nH]c(=O)[nH]c2c1)c1ccc(O)cc1F. The highest BCUT2D eigenvalue weighted by Gasteiger charge is 2.12. The van der Waals surface area contributed by atoms with Crippen LogP contribution in [-0.2, 0) is 0 Å². The third-order valence-electron chi connectivity index (χ3n) is 3.35. The first kappa shape index (κ1) is 13.2. The molecule has 1 aromatic heterocycles. The quantitative estimate of drug-likeness (QED) is 0.598. The van der Waals surface area contributed by atoms with Crippen molar-refractivity contribution in [3.05, 3.63) is 58.3 Å². The van der Waals surface area contributed by atoms with Crippen molar-refractivity contribution >= 4 is 16.7 Å². The van der Waals surface area contributed by atoms with Gasteiger partial charge in [0.2, 0.25) is 0 Å². The van der Waals surface area contributed by atoms with Gasteiger partial charge in [-0.05, 0) is 31.2 Å². The Morgan fingerprint density at radius 3 is 2.67 bits per heavy atom. The molecule has 1 unspecified atom stereocenters. The largest absolute Gasteiger partial charge is 0.508 e. The lowest BCUT2D eigenvalue weighted by atomic mass is 10.1. The molecule has 4 N–H and O–H groups in total. The van der Waals surface area contributed by atoms with Crippen LogP contribution in [0.15, 0.2) is 41.2 Å². The molecule has 3 aromatic rings. The number of hydrogen-bond acceptors (Lipinski definition) is 3. The average molecular weight is 287 g/mol. The maximum absolute atomic E-state index is 13.8. The number of aromatic hydroxyl groups is 1. The van der Waals surface area contributed by atoms with Crippen LogP contribution in [0.3, 0.4) is 0 Å². The Hall–Kier alpha value is -2.76. The summed E-state index contributed by atoms with van der Waals surface area (Å²) in [5.74, 6) is -0.569. The third kappa shape index (κ3) is 2.60. The predicted octanol–water partition coefficient (Wildman–Crippen LogP) is 2.87. The topological polar surface area (TPSA) is 80.9 Å². The van der Waals surface area contributed by atoms with Gasteiger partial charge in [-0.15, -0.1) is 0 Å². The number of benzene rings is 2. The first-order chi connectivity index (χ1) is 10.0. The molecule has 3 rings (SSSR count). The second-order valence-corrected chi connectivity index (χ2v) is 4.91. The fourth-order valence-electron chi connectivity index (χ4n) is 2.32. The molecule has 2 aromatic carbocycles. The number of phenols is 1. The van der Waals surface area contributed by atoms with Crippen molar-refractivity contribution in [1.29, 1.82) is 0 Å². The molecule has 6 heteroatoms. The van der Waals surface area contributed by atoms with Crippen LogP contribution >= 0.6 is 0 Å². The molecule has 1 heterocycles. The number of halogens is 1. The normalized spacial score (nSPS) is 12.5. The van der Waals surface area contributed by atoms with Crippen molar-refractivity contribution in [2.75, 3.05) is 5.32 Å². The maximum atomic E-state index is 13.8. The molecule has 0 aliphatic heterocycles. The summed E-state index contributed by atoms with van der Waals surface area (Å²) in [4.78, 5) is 16.5. The van der Waals surface area contributed by atoms with E-state index in [-0.39, 0.29) is 17.5 Å². The minimum atomic E-state index is -0.467. The van der Waals surface area contributed by atoms with Crippen molar-refractivity contribution in [2.24, 2.45) is 0 Å². The van der Waals surface area contributed by atoms with Gasteiger partial charge in [-0.25, -0.2) is 9.18 Å². The fraction of sp³-hybridized carbons (Fsp3) is 0.133. The Bertz CT molecular complexity index is 853. The smallest absolute Gasteiger partial charge is 0.323 e. The summed E-state index contributed by atoms with van der Waals surface area (Å²) >= 11 is 0. The Balaban J connectivity index is 1.88. The molecule has 5 nitrogen and oxygen atoms in total. The molecule has 0 fully saturated rings. The molecule has 0 aliphatic rings. The van der Waals surface area contributed by atoms with E-state index >= 15 is 0 Å². The van der Waals surface area contributed by atoms with Crippen LogP contribution < -0.4 is 11.0 Å². The van der Waals surface area contributed by atoms with Gasteiger partial charge < -0.3 is 20.4 Å². The van der Waals surface area contributed by atoms with Gasteiger partial charge in [0.1, 0.15) is 11.6 Å². The van der Waals surface area contributed by atoms with Gasteiger partial charge in [-0.1, -0.05) is 6.07 Å². The highest BCUT2D eigenvalue weighted by Crippen LogP contribution is 2.25. The van der Waals surface area contributed by atoms with E-state index in [0.29, 0.717) is 16.6 Å². The predicted molar refractivity (Wildman–Crippen MR) is 79.0 cm³/mol. The first-order valence-corrected chi connectivity index (χ1v) is 6.50. The van der Waals surface area contributed by atoms with Gasteiger partial charge in [0.05, 0.1) is 17.1 Å². The van der Waals surface area contributed by atoms with Gasteiger partial charge in [0.25, 0.3) is 0 Å². The van der Waals surface area contributed by atoms with Gasteiger partial charge in [-0.2, -0.15) is 0 Å². The zero-order chi connectivity index (χ0) is 15.0. The molecule has 0 saturated heterocycles. The van der Waals surface area contributed by atoms with Crippen LogP contribution in [0.4, 0.5) is 10.1 Å². The van der Waals surface area contributed by atoms with Crippen molar-refractivity contribution in [3.8, 4) is 5.75 Å². The van der Waals surface area contributed by atoms with Crippen LogP contribution in [0.2, 0.25) is 0 Å². The number of rotatable bonds is 3. The number of imidazole rings is 1. The lowest BCUT2D eigenvalue weighted by molar-refractivity contribution is 0.467. The molecule has 0 aliphatic carbocycles. The van der Waals surface area contributed by atoms with Gasteiger partial charge in [0, 0.05) is 17.3 Å². The summed E-state index contributed by atoms with van der Waals surface area (Å²) in [5.41, 5.74) is 2.35. The number of hydrogen-bond donors (Lipinski definition) is 4. The first-order valence-electron chi connectivity index (χ1n) is 6.50. The summed E-state index contributed by atoms with van der Waals surface area (Å²) in [6.45, 7) is 1.82. The summed E-state index contributed by atoms with van der Waals surface area (Å²) < 4.78 is 13.8. The van der Waals surface area contributed by atoms with E-state index in [1.54, 1.807) is 24.3 Å². The van der Waals surface area contributed by atoms with Crippen molar-refractivity contribution in [3.63, 3.8) is 0 Å². The molecule has 0 radical (unpaired) electrons. The van der Waals surface area contributed by atoms with E-state index in [1.807, 2.05) is 6.92 Å². The molecular formula is C15H14FN3O2. The lowest BCUT2D eigenvalue weighted by Gasteiger charge is -2.16. The van der Waals surface area contributed by atoms with Gasteiger partial charge in [-0.3, -0.25) is 0 Å². The zero-order valence-electron chi connectivity index (χ0n) is 11.3. The average Bonchev–Trinajstić information content (AvgIpc) is 2.77. The van der Waals surface area contributed by atoms with Crippen molar-refractivity contribution < 1.29 is 9.50 Å². The second-order valence-electron chi connectivity index (χ2n) is 4.91.